The summed E-state index contributed by atoms with van der Waals surface area (Å²) in [5.41, 5.74) is 0.731. The van der Waals surface area contributed by atoms with Crippen LogP contribution in [-0.2, 0) is 11.3 Å². The van der Waals surface area contributed by atoms with Crippen LogP contribution in [0.1, 0.15) is 18.4 Å². The standard InChI is InChI=1S/C17H23BrFN3O/c18-15-4-3-14(16(19)11-15)12-20-7-9-21(10-8-20)13-17(23)22-5-1-2-6-22/h3-4,11H,1-2,5-10,12-13H2. The number of halogens is 2. The van der Waals surface area contributed by atoms with Gasteiger partial charge in [-0.1, -0.05) is 22.0 Å². The molecule has 6 heteroatoms. The van der Waals surface area contributed by atoms with Crippen LogP contribution in [0.15, 0.2) is 22.7 Å². The summed E-state index contributed by atoms with van der Waals surface area (Å²) < 4.78 is 14.7. The molecule has 3 rings (SSSR count). The number of nitrogens with zero attached hydrogens (tertiary/aromatic N) is 3. The molecule has 0 spiro atoms. The minimum atomic E-state index is -0.161. The fourth-order valence-corrected chi connectivity index (χ4v) is 3.59. The van der Waals surface area contributed by atoms with Gasteiger partial charge in [-0.25, -0.2) is 4.39 Å². The Morgan fingerprint density at radius 1 is 1.04 bits per heavy atom. The Hall–Kier alpha value is -0.980. The van der Waals surface area contributed by atoms with Gasteiger partial charge in [0.25, 0.3) is 0 Å². The third-order valence-electron chi connectivity index (χ3n) is 4.69. The molecule has 1 amide bonds. The first-order valence-corrected chi connectivity index (χ1v) is 9.07. The van der Waals surface area contributed by atoms with Gasteiger partial charge in [0.15, 0.2) is 0 Å². The first kappa shape index (κ1) is 16.9. The summed E-state index contributed by atoms with van der Waals surface area (Å²) in [4.78, 5) is 18.6. The van der Waals surface area contributed by atoms with Gasteiger partial charge in [-0.2, -0.15) is 0 Å². The molecule has 4 nitrogen and oxygen atoms in total. The molecule has 2 aliphatic heterocycles. The molecule has 2 aliphatic rings. The van der Waals surface area contributed by atoms with Crippen molar-refractivity contribution in [3.63, 3.8) is 0 Å². The molecule has 0 aliphatic carbocycles. The third-order valence-corrected chi connectivity index (χ3v) is 5.18. The predicted octanol–water partition coefficient (Wildman–Crippen LogP) is 2.33. The number of hydrogen-bond donors (Lipinski definition) is 0. The van der Waals surface area contributed by atoms with Crippen molar-refractivity contribution in [2.24, 2.45) is 0 Å². The molecule has 0 N–H and O–H groups in total. The van der Waals surface area contributed by atoms with Gasteiger partial charge in [-0.15, -0.1) is 0 Å². The lowest BCUT2D eigenvalue weighted by atomic mass is 10.2. The van der Waals surface area contributed by atoms with Crippen LogP contribution in [0.4, 0.5) is 4.39 Å². The average molecular weight is 384 g/mol. The van der Waals surface area contributed by atoms with Crippen molar-refractivity contribution in [2.75, 3.05) is 45.8 Å². The Kier molecular flexibility index (Phi) is 5.67. The zero-order chi connectivity index (χ0) is 16.2. The largest absolute Gasteiger partial charge is 0.342 e. The van der Waals surface area contributed by atoms with E-state index in [9.17, 15) is 9.18 Å². The van der Waals surface area contributed by atoms with Gasteiger partial charge in [-0.3, -0.25) is 14.6 Å². The van der Waals surface area contributed by atoms with Crippen LogP contribution in [0, 0.1) is 5.82 Å². The highest BCUT2D eigenvalue weighted by Crippen LogP contribution is 2.17. The Bertz CT molecular complexity index is 555. The molecule has 2 saturated heterocycles. The number of hydrogen-bond acceptors (Lipinski definition) is 3. The van der Waals surface area contributed by atoms with E-state index in [4.69, 9.17) is 0 Å². The van der Waals surface area contributed by atoms with E-state index in [1.165, 1.54) is 6.07 Å². The lowest BCUT2D eigenvalue weighted by molar-refractivity contribution is -0.131. The van der Waals surface area contributed by atoms with E-state index in [-0.39, 0.29) is 11.7 Å². The van der Waals surface area contributed by atoms with Crippen LogP contribution in [0.25, 0.3) is 0 Å². The molecular formula is C17H23BrFN3O. The molecule has 2 heterocycles. The second-order valence-electron chi connectivity index (χ2n) is 6.38. The van der Waals surface area contributed by atoms with Gasteiger partial charge in [0.05, 0.1) is 6.54 Å². The molecule has 0 saturated carbocycles. The molecule has 0 bridgehead atoms. The maximum absolute atomic E-state index is 13.9. The van der Waals surface area contributed by atoms with E-state index < -0.39 is 0 Å². The average Bonchev–Trinajstić information content (AvgIpc) is 3.06. The van der Waals surface area contributed by atoms with Gasteiger partial charge < -0.3 is 4.90 Å². The van der Waals surface area contributed by atoms with E-state index in [1.807, 2.05) is 17.0 Å². The summed E-state index contributed by atoms with van der Waals surface area (Å²) in [6, 6.07) is 5.23. The lowest BCUT2D eigenvalue weighted by Crippen LogP contribution is -2.49. The molecule has 126 valence electrons. The maximum atomic E-state index is 13.9. The van der Waals surface area contributed by atoms with Crippen molar-refractivity contribution in [3.05, 3.63) is 34.1 Å². The van der Waals surface area contributed by atoms with E-state index in [1.54, 1.807) is 0 Å². The second kappa shape index (κ2) is 7.73. The molecule has 0 unspecified atom stereocenters. The highest BCUT2D eigenvalue weighted by Gasteiger charge is 2.23. The van der Waals surface area contributed by atoms with E-state index in [0.717, 1.165) is 62.1 Å². The van der Waals surface area contributed by atoms with E-state index in [0.29, 0.717) is 13.1 Å². The topological polar surface area (TPSA) is 26.8 Å². The fraction of sp³-hybridized carbons (Fsp3) is 0.588. The summed E-state index contributed by atoms with van der Waals surface area (Å²) in [5, 5.41) is 0. The van der Waals surface area contributed by atoms with Crippen molar-refractivity contribution in [2.45, 2.75) is 19.4 Å². The van der Waals surface area contributed by atoms with Crippen molar-refractivity contribution >= 4 is 21.8 Å². The molecule has 0 atom stereocenters. The zero-order valence-corrected chi connectivity index (χ0v) is 14.9. The molecule has 1 aromatic carbocycles. The number of carbonyl (C=O) groups excluding carboxylic acids is 1. The van der Waals surface area contributed by atoms with Gasteiger partial charge in [0, 0.05) is 55.8 Å². The predicted molar refractivity (Wildman–Crippen MR) is 91.6 cm³/mol. The number of likely N-dealkylation sites (tertiary alicyclic amines) is 1. The van der Waals surface area contributed by atoms with Crippen molar-refractivity contribution < 1.29 is 9.18 Å². The van der Waals surface area contributed by atoms with Crippen LogP contribution in [0.5, 0.6) is 0 Å². The fourth-order valence-electron chi connectivity index (χ4n) is 3.25. The monoisotopic (exact) mass is 383 g/mol. The Labute approximate surface area is 145 Å². The third kappa shape index (κ3) is 4.52. The van der Waals surface area contributed by atoms with Gasteiger partial charge in [0.2, 0.25) is 5.91 Å². The Morgan fingerprint density at radius 2 is 1.70 bits per heavy atom. The summed E-state index contributed by atoms with van der Waals surface area (Å²) in [6.07, 6.45) is 2.27. The van der Waals surface area contributed by atoms with Crippen LogP contribution < -0.4 is 0 Å². The van der Waals surface area contributed by atoms with Crippen LogP contribution in [-0.4, -0.2) is 66.4 Å². The maximum Gasteiger partial charge on any atom is 0.236 e. The second-order valence-corrected chi connectivity index (χ2v) is 7.29. The van der Waals surface area contributed by atoms with Crippen LogP contribution in [0.3, 0.4) is 0 Å². The number of piperazine rings is 1. The molecule has 2 fully saturated rings. The molecular weight excluding hydrogens is 361 g/mol. The first-order chi connectivity index (χ1) is 11.1. The van der Waals surface area contributed by atoms with Gasteiger partial charge in [0.1, 0.15) is 5.82 Å². The van der Waals surface area contributed by atoms with Crippen LogP contribution >= 0.6 is 15.9 Å². The SMILES string of the molecule is O=C(CN1CCN(Cc2ccc(Br)cc2F)CC1)N1CCCC1. The Balaban J connectivity index is 1.45. The van der Waals surface area contributed by atoms with Crippen molar-refractivity contribution in [1.29, 1.82) is 0 Å². The van der Waals surface area contributed by atoms with Crippen LogP contribution in [0.2, 0.25) is 0 Å². The van der Waals surface area contributed by atoms with Gasteiger partial charge in [-0.05, 0) is 25.0 Å². The lowest BCUT2D eigenvalue weighted by Gasteiger charge is -2.35. The summed E-state index contributed by atoms with van der Waals surface area (Å²) in [5.74, 6) is 0.0981. The Morgan fingerprint density at radius 3 is 2.35 bits per heavy atom. The molecule has 23 heavy (non-hydrogen) atoms. The highest BCUT2D eigenvalue weighted by molar-refractivity contribution is 9.10. The summed E-state index contributed by atoms with van der Waals surface area (Å²) in [6.45, 7) is 6.50. The minimum absolute atomic E-state index is 0.161. The normalized spacial score (nSPS) is 20.2. The van der Waals surface area contributed by atoms with E-state index in [2.05, 4.69) is 25.7 Å². The smallest absolute Gasteiger partial charge is 0.236 e. The quantitative estimate of drug-likeness (QED) is 0.798. The highest BCUT2D eigenvalue weighted by atomic mass is 79.9. The zero-order valence-electron chi connectivity index (χ0n) is 13.3. The summed E-state index contributed by atoms with van der Waals surface area (Å²) >= 11 is 3.28. The first-order valence-electron chi connectivity index (χ1n) is 8.28. The molecule has 1 aromatic rings. The minimum Gasteiger partial charge on any atom is -0.342 e. The summed E-state index contributed by atoms with van der Waals surface area (Å²) in [7, 11) is 0. The number of rotatable bonds is 4. The number of benzene rings is 1. The van der Waals surface area contributed by atoms with E-state index >= 15 is 0 Å². The molecule has 0 radical (unpaired) electrons. The molecule has 0 aromatic heterocycles. The van der Waals surface area contributed by atoms with Crippen molar-refractivity contribution in [1.82, 2.24) is 14.7 Å². The van der Waals surface area contributed by atoms with Crippen molar-refractivity contribution in [3.8, 4) is 0 Å². The number of amides is 1. The van der Waals surface area contributed by atoms with Gasteiger partial charge >= 0.3 is 0 Å². The number of carbonyl (C=O) groups is 1.